The number of hydrogen-bond acceptors (Lipinski definition) is 4. The van der Waals surface area contributed by atoms with Crippen molar-refractivity contribution in [3.05, 3.63) is 90.2 Å². The maximum Gasteiger partial charge on any atom is 0.258 e. The molecule has 1 amide bonds. The summed E-state index contributed by atoms with van der Waals surface area (Å²) < 4.78 is 19.0. The van der Waals surface area contributed by atoms with Crippen LogP contribution in [0.5, 0.6) is 0 Å². The number of rotatable bonds is 4. The average Bonchev–Trinajstić information content (AvgIpc) is 3.20. The summed E-state index contributed by atoms with van der Waals surface area (Å²) in [7, 11) is 0. The zero-order valence-corrected chi connectivity index (χ0v) is 14.1. The maximum atomic E-state index is 13.7. The molecule has 0 saturated carbocycles. The van der Waals surface area contributed by atoms with E-state index in [2.05, 4.69) is 15.5 Å². The van der Waals surface area contributed by atoms with Gasteiger partial charge in [0.2, 0.25) is 5.82 Å². The number of amides is 1. The van der Waals surface area contributed by atoms with Crippen molar-refractivity contribution in [3.63, 3.8) is 0 Å². The molecule has 6 heteroatoms. The molecule has 5 nitrogen and oxygen atoms in total. The van der Waals surface area contributed by atoms with Crippen LogP contribution in [0.15, 0.2) is 83.4 Å². The van der Waals surface area contributed by atoms with Crippen LogP contribution < -0.4 is 5.32 Å². The Morgan fingerprint density at radius 2 is 1.56 bits per heavy atom. The van der Waals surface area contributed by atoms with Gasteiger partial charge in [0.25, 0.3) is 11.8 Å². The van der Waals surface area contributed by atoms with Crippen LogP contribution in [0, 0.1) is 5.82 Å². The van der Waals surface area contributed by atoms with Gasteiger partial charge in [-0.2, -0.15) is 4.98 Å². The monoisotopic (exact) mass is 359 g/mol. The second kappa shape index (κ2) is 7.21. The normalized spacial score (nSPS) is 10.6. The highest BCUT2D eigenvalue weighted by Gasteiger charge is 2.13. The molecule has 1 heterocycles. The Bertz CT molecular complexity index is 1080. The molecule has 132 valence electrons. The van der Waals surface area contributed by atoms with E-state index in [1.54, 1.807) is 30.3 Å². The fraction of sp³-hybridized carbons (Fsp3) is 0. The smallest absolute Gasteiger partial charge is 0.258 e. The minimum atomic E-state index is -0.564. The van der Waals surface area contributed by atoms with E-state index in [1.165, 1.54) is 18.2 Å². The molecule has 4 aromatic rings. The van der Waals surface area contributed by atoms with Crippen molar-refractivity contribution in [3.8, 4) is 22.8 Å². The lowest BCUT2D eigenvalue weighted by molar-refractivity contribution is 0.102. The van der Waals surface area contributed by atoms with Crippen LogP contribution in [0.2, 0.25) is 0 Å². The van der Waals surface area contributed by atoms with Gasteiger partial charge in [0.05, 0.1) is 5.56 Å². The van der Waals surface area contributed by atoms with E-state index in [4.69, 9.17) is 4.52 Å². The van der Waals surface area contributed by atoms with Crippen molar-refractivity contribution >= 4 is 11.6 Å². The molecule has 0 spiro atoms. The van der Waals surface area contributed by atoms with Gasteiger partial charge < -0.3 is 9.84 Å². The topological polar surface area (TPSA) is 68.0 Å². The molecule has 4 rings (SSSR count). The van der Waals surface area contributed by atoms with E-state index in [9.17, 15) is 9.18 Å². The van der Waals surface area contributed by atoms with Crippen LogP contribution in [0.4, 0.5) is 10.1 Å². The molecule has 3 aromatic carbocycles. The van der Waals surface area contributed by atoms with Crippen LogP contribution in [-0.4, -0.2) is 16.0 Å². The van der Waals surface area contributed by atoms with Gasteiger partial charge in [0, 0.05) is 16.8 Å². The SMILES string of the molecule is O=C(Nc1ccc(-c2nc(-c3ccccc3)no2)cc1)c1ccccc1F. The van der Waals surface area contributed by atoms with E-state index < -0.39 is 11.7 Å². The van der Waals surface area contributed by atoms with Crippen molar-refractivity contribution in [2.24, 2.45) is 0 Å². The van der Waals surface area contributed by atoms with Gasteiger partial charge in [-0.15, -0.1) is 0 Å². The van der Waals surface area contributed by atoms with E-state index in [0.29, 0.717) is 23.0 Å². The van der Waals surface area contributed by atoms with Crippen molar-refractivity contribution < 1.29 is 13.7 Å². The average molecular weight is 359 g/mol. The first kappa shape index (κ1) is 16.7. The molecule has 0 saturated heterocycles. The number of hydrogen-bond donors (Lipinski definition) is 1. The molecular weight excluding hydrogens is 345 g/mol. The summed E-state index contributed by atoms with van der Waals surface area (Å²) in [5.74, 6) is -0.195. The summed E-state index contributed by atoms with van der Waals surface area (Å²) in [4.78, 5) is 16.5. The van der Waals surface area contributed by atoms with E-state index in [0.717, 1.165) is 5.56 Å². The van der Waals surface area contributed by atoms with E-state index in [1.807, 2.05) is 30.3 Å². The molecule has 0 aliphatic carbocycles. The second-order valence-corrected chi connectivity index (χ2v) is 5.80. The third-order valence-corrected chi connectivity index (χ3v) is 3.97. The van der Waals surface area contributed by atoms with E-state index in [-0.39, 0.29) is 5.56 Å². The van der Waals surface area contributed by atoms with Gasteiger partial charge in [0.15, 0.2) is 0 Å². The van der Waals surface area contributed by atoms with Crippen molar-refractivity contribution in [2.75, 3.05) is 5.32 Å². The molecule has 0 fully saturated rings. The van der Waals surface area contributed by atoms with Crippen molar-refractivity contribution in [1.29, 1.82) is 0 Å². The number of nitrogens with one attached hydrogen (secondary N) is 1. The highest BCUT2D eigenvalue weighted by molar-refractivity contribution is 6.04. The third kappa shape index (κ3) is 3.59. The molecular formula is C21H14FN3O2. The number of carbonyl (C=O) groups excluding carboxylic acids is 1. The minimum absolute atomic E-state index is 0.00835. The quantitative estimate of drug-likeness (QED) is 0.568. The van der Waals surface area contributed by atoms with Gasteiger partial charge in [-0.05, 0) is 36.4 Å². The van der Waals surface area contributed by atoms with Crippen LogP contribution in [-0.2, 0) is 0 Å². The fourth-order valence-corrected chi connectivity index (χ4v) is 2.59. The predicted molar refractivity (Wildman–Crippen MR) is 99.5 cm³/mol. The first-order valence-electron chi connectivity index (χ1n) is 8.26. The highest BCUT2D eigenvalue weighted by atomic mass is 19.1. The molecule has 1 N–H and O–H groups in total. The minimum Gasteiger partial charge on any atom is -0.334 e. The van der Waals surface area contributed by atoms with Gasteiger partial charge in [-0.1, -0.05) is 47.6 Å². The Hall–Kier alpha value is -3.80. The van der Waals surface area contributed by atoms with Crippen LogP contribution >= 0.6 is 0 Å². The molecule has 0 atom stereocenters. The van der Waals surface area contributed by atoms with E-state index >= 15 is 0 Å². The number of nitrogens with zero attached hydrogens (tertiary/aromatic N) is 2. The zero-order valence-electron chi connectivity index (χ0n) is 14.1. The Kier molecular flexibility index (Phi) is 4.45. The zero-order chi connectivity index (χ0) is 18.6. The second-order valence-electron chi connectivity index (χ2n) is 5.80. The molecule has 1 aromatic heterocycles. The van der Waals surface area contributed by atoms with Gasteiger partial charge in [0.1, 0.15) is 5.82 Å². The molecule has 0 aliphatic heterocycles. The summed E-state index contributed by atoms with van der Waals surface area (Å²) in [6.07, 6.45) is 0. The highest BCUT2D eigenvalue weighted by Crippen LogP contribution is 2.23. The Labute approximate surface area is 154 Å². The number of carbonyl (C=O) groups is 1. The molecule has 27 heavy (non-hydrogen) atoms. The predicted octanol–water partition coefficient (Wildman–Crippen LogP) is 4.80. The van der Waals surface area contributed by atoms with Crippen molar-refractivity contribution in [1.82, 2.24) is 10.1 Å². The summed E-state index contributed by atoms with van der Waals surface area (Å²) >= 11 is 0. The molecule has 0 bridgehead atoms. The number of halogens is 1. The maximum absolute atomic E-state index is 13.7. The van der Waals surface area contributed by atoms with Gasteiger partial charge in [-0.3, -0.25) is 4.79 Å². The van der Waals surface area contributed by atoms with Crippen LogP contribution in [0.25, 0.3) is 22.8 Å². The fourth-order valence-electron chi connectivity index (χ4n) is 2.59. The Balaban J connectivity index is 1.50. The Morgan fingerprint density at radius 3 is 2.30 bits per heavy atom. The number of anilines is 1. The Morgan fingerprint density at radius 1 is 0.852 bits per heavy atom. The number of aromatic nitrogens is 2. The van der Waals surface area contributed by atoms with Gasteiger partial charge >= 0.3 is 0 Å². The van der Waals surface area contributed by atoms with Gasteiger partial charge in [-0.25, -0.2) is 4.39 Å². The third-order valence-electron chi connectivity index (χ3n) is 3.97. The van der Waals surface area contributed by atoms with Crippen LogP contribution in [0.1, 0.15) is 10.4 Å². The summed E-state index contributed by atoms with van der Waals surface area (Å²) in [6.45, 7) is 0. The van der Waals surface area contributed by atoms with Crippen LogP contribution in [0.3, 0.4) is 0 Å². The lowest BCUT2D eigenvalue weighted by Crippen LogP contribution is -2.13. The number of benzene rings is 3. The first-order valence-corrected chi connectivity index (χ1v) is 8.26. The first-order chi connectivity index (χ1) is 13.2. The summed E-state index contributed by atoms with van der Waals surface area (Å²) in [5.41, 5.74) is 2.11. The molecule has 0 unspecified atom stereocenters. The lowest BCUT2D eigenvalue weighted by atomic mass is 10.1. The standard InChI is InChI=1S/C21H14FN3O2/c22-18-9-5-4-8-17(18)20(26)23-16-12-10-15(11-13-16)21-24-19(25-27-21)14-6-2-1-3-7-14/h1-13H,(H,23,26). The largest absolute Gasteiger partial charge is 0.334 e. The van der Waals surface area contributed by atoms with Crippen molar-refractivity contribution in [2.45, 2.75) is 0 Å². The lowest BCUT2D eigenvalue weighted by Gasteiger charge is -2.06. The molecule has 0 radical (unpaired) electrons. The molecule has 0 aliphatic rings. The summed E-state index contributed by atoms with van der Waals surface area (Å²) in [5, 5.41) is 6.65. The summed E-state index contributed by atoms with van der Waals surface area (Å²) in [6, 6.07) is 22.2.